The van der Waals surface area contributed by atoms with E-state index < -0.39 is 23.4 Å². The first kappa shape index (κ1) is 21.2. The molecule has 10 heteroatoms. The Balaban J connectivity index is 1.97. The topological polar surface area (TPSA) is 34.2 Å². The maximum absolute atomic E-state index is 13.9. The summed E-state index contributed by atoms with van der Waals surface area (Å²) in [7, 11) is 0. The van der Waals surface area contributed by atoms with Gasteiger partial charge in [-0.3, -0.25) is 4.29 Å². The smallest absolute Gasteiger partial charge is 0.331 e. The van der Waals surface area contributed by atoms with Crippen LogP contribution in [0.5, 0.6) is 0 Å². The molecule has 0 spiro atoms. The fourth-order valence-corrected chi connectivity index (χ4v) is 3.69. The van der Waals surface area contributed by atoms with Crippen LogP contribution in [0, 0.1) is 11.6 Å². The summed E-state index contributed by atoms with van der Waals surface area (Å²) in [5.41, 5.74) is -0.777. The molecule has 0 saturated carbocycles. The van der Waals surface area contributed by atoms with E-state index in [1.807, 2.05) is 0 Å². The molecule has 0 saturated heterocycles. The third-order valence-corrected chi connectivity index (χ3v) is 5.03. The molecule has 1 N–H and O–H groups in total. The van der Waals surface area contributed by atoms with E-state index in [1.165, 1.54) is 18.2 Å². The van der Waals surface area contributed by atoms with Crippen LogP contribution < -0.4 is 5.32 Å². The van der Waals surface area contributed by atoms with Gasteiger partial charge in [-0.05, 0) is 29.8 Å². The second kappa shape index (κ2) is 8.48. The zero-order valence-electron chi connectivity index (χ0n) is 14.5. The SMILES string of the molecule is C=C(Nc1nc(COCl)c(-c2cccc(C(F)(F)F)c2)s1)c1c(F)cccc1F. The summed E-state index contributed by atoms with van der Waals surface area (Å²) in [5.74, 6) is -1.64. The van der Waals surface area contributed by atoms with Gasteiger partial charge in [-0.2, -0.15) is 13.2 Å². The summed E-state index contributed by atoms with van der Waals surface area (Å²) < 4.78 is 71.5. The number of aromatic nitrogens is 1. The number of alkyl halides is 3. The predicted molar refractivity (Wildman–Crippen MR) is 102 cm³/mol. The maximum Gasteiger partial charge on any atom is 0.416 e. The largest absolute Gasteiger partial charge is 0.416 e. The van der Waals surface area contributed by atoms with E-state index in [9.17, 15) is 22.0 Å². The van der Waals surface area contributed by atoms with Crippen molar-refractivity contribution in [1.82, 2.24) is 4.98 Å². The highest BCUT2D eigenvalue weighted by molar-refractivity contribution is 7.19. The first-order valence-corrected chi connectivity index (χ1v) is 9.14. The third-order valence-electron chi connectivity index (χ3n) is 3.86. The number of hydrogen-bond acceptors (Lipinski definition) is 4. The molecule has 0 radical (unpaired) electrons. The van der Waals surface area contributed by atoms with Crippen molar-refractivity contribution in [3.8, 4) is 10.4 Å². The van der Waals surface area contributed by atoms with Gasteiger partial charge in [0.05, 0.1) is 33.6 Å². The summed E-state index contributed by atoms with van der Waals surface area (Å²) in [6.45, 7) is 3.43. The van der Waals surface area contributed by atoms with Crippen molar-refractivity contribution in [1.29, 1.82) is 0 Å². The van der Waals surface area contributed by atoms with Crippen molar-refractivity contribution in [3.63, 3.8) is 0 Å². The van der Waals surface area contributed by atoms with Crippen LogP contribution in [0.2, 0.25) is 0 Å². The van der Waals surface area contributed by atoms with Crippen LogP contribution in [0.25, 0.3) is 16.1 Å². The van der Waals surface area contributed by atoms with E-state index in [4.69, 9.17) is 11.9 Å². The normalized spacial score (nSPS) is 11.5. The molecular weight excluding hydrogens is 435 g/mol. The second-order valence-electron chi connectivity index (χ2n) is 5.83. The van der Waals surface area contributed by atoms with E-state index in [-0.39, 0.29) is 34.3 Å². The monoisotopic (exact) mass is 446 g/mol. The molecule has 29 heavy (non-hydrogen) atoms. The molecule has 0 aliphatic rings. The molecule has 3 aromatic rings. The Morgan fingerprint density at radius 3 is 2.41 bits per heavy atom. The Kier molecular flexibility index (Phi) is 6.21. The van der Waals surface area contributed by atoms with Crippen LogP contribution in [0.3, 0.4) is 0 Å². The zero-order valence-corrected chi connectivity index (χ0v) is 16.1. The first-order valence-electron chi connectivity index (χ1n) is 8.02. The van der Waals surface area contributed by atoms with Gasteiger partial charge in [0, 0.05) is 5.70 Å². The van der Waals surface area contributed by atoms with Crippen LogP contribution in [0.1, 0.15) is 16.8 Å². The van der Waals surface area contributed by atoms with E-state index in [2.05, 4.69) is 21.2 Å². The van der Waals surface area contributed by atoms with Crippen molar-refractivity contribution in [2.45, 2.75) is 12.8 Å². The van der Waals surface area contributed by atoms with Gasteiger partial charge < -0.3 is 5.32 Å². The van der Waals surface area contributed by atoms with Crippen LogP contribution in [0.4, 0.5) is 27.1 Å². The fourth-order valence-electron chi connectivity index (χ4n) is 2.59. The second-order valence-corrected chi connectivity index (χ2v) is 7.04. The maximum atomic E-state index is 13.9. The lowest BCUT2D eigenvalue weighted by atomic mass is 10.1. The first-order chi connectivity index (χ1) is 13.7. The molecule has 2 aromatic carbocycles. The Bertz CT molecular complexity index is 1030. The van der Waals surface area contributed by atoms with E-state index in [0.29, 0.717) is 4.88 Å². The van der Waals surface area contributed by atoms with Crippen LogP contribution >= 0.6 is 23.2 Å². The Hall–Kier alpha value is -2.49. The van der Waals surface area contributed by atoms with Gasteiger partial charge >= 0.3 is 6.18 Å². The standard InChI is InChI=1S/C19H12ClF5N2OS/c1-10(16-13(21)6-3-7-14(16)22)26-18-27-15(9-28-20)17(29-18)11-4-2-5-12(8-11)19(23,24)25/h2-8H,1,9H2,(H,26,27). The number of halogens is 6. The predicted octanol–water partition coefficient (Wildman–Crippen LogP) is 6.86. The van der Waals surface area contributed by atoms with Gasteiger partial charge in [-0.25, -0.2) is 13.8 Å². The van der Waals surface area contributed by atoms with Gasteiger partial charge in [0.25, 0.3) is 0 Å². The van der Waals surface area contributed by atoms with Crippen molar-refractivity contribution >= 4 is 34.0 Å². The molecule has 0 fully saturated rings. The minimum atomic E-state index is -4.51. The molecule has 0 amide bonds. The van der Waals surface area contributed by atoms with Crippen LogP contribution in [0.15, 0.2) is 49.0 Å². The summed E-state index contributed by atoms with van der Waals surface area (Å²) in [6, 6.07) is 8.04. The lowest BCUT2D eigenvalue weighted by Crippen LogP contribution is -2.04. The van der Waals surface area contributed by atoms with Gasteiger partial charge in [-0.1, -0.05) is 36.1 Å². The third kappa shape index (κ3) is 4.75. The average Bonchev–Trinajstić information content (AvgIpc) is 3.03. The van der Waals surface area contributed by atoms with Crippen molar-refractivity contribution < 1.29 is 26.2 Å². The number of rotatable bonds is 6. The van der Waals surface area contributed by atoms with Gasteiger partial charge in [0.1, 0.15) is 18.2 Å². The van der Waals surface area contributed by atoms with Crippen molar-refractivity contribution in [3.05, 3.63) is 77.5 Å². The molecule has 3 nitrogen and oxygen atoms in total. The molecule has 3 rings (SSSR count). The highest BCUT2D eigenvalue weighted by atomic mass is 35.5. The summed E-state index contributed by atoms with van der Waals surface area (Å²) in [5, 5.41) is 2.85. The van der Waals surface area contributed by atoms with Crippen molar-refractivity contribution in [2.75, 3.05) is 5.32 Å². The molecular formula is C19H12ClF5N2OS. The Morgan fingerprint density at radius 2 is 1.79 bits per heavy atom. The van der Waals surface area contributed by atoms with E-state index >= 15 is 0 Å². The number of benzene rings is 2. The molecule has 1 heterocycles. The van der Waals surface area contributed by atoms with Gasteiger partial charge in [0.15, 0.2) is 5.13 Å². The Labute approximate surface area is 171 Å². The van der Waals surface area contributed by atoms with Crippen molar-refractivity contribution in [2.24, 2.45) is 0 Å². The number of nitrogens with zero attached hydrogens (tertiary/aromatic N) is 1. The Morgan fingerprint density at radius 1 is 1.14 bits per heavy atom. The number of nitrogens with one attached hydrogen (secondary N) is 1. The summed E-state index contributed by atoms with van der Waals surface area (Å²) >= 11 is 6.27. The number of anilines is 1. The quantitative estimate of drug-likeness (QED) is 0.420. The molecule has 1 aromatic heterocycles. The average molecular weight is 447 g/mol. The molecule has 0 unspecified atom stereocenters. The molecule has 0 bridgehead atoms. The fraction of sp³-hybridized carbons (Fsp3) is 0.105. The lowest BCUT2D eigenvalue weighted by molar-refractivity contribution is -0.137. The highest BCUT2D eigenvalue weighted by Crippen LogP contribution is 2.38. The highest BCUT2D eigenvalue weighted by Gasteiger charge is 2.31. The molecule has 0 aliphatic heterocycles. The lowest BCUT2D eigenvalue weighted by Gasteiger charge is -2.09. The van der Waals surface area contributed by atoms with E-state index in [1.54, 1.807) is 0 Å². The molecule has 0 aliphatic carbocycles. The van der Waals surface area contributed by atoms with Gasteiger partial charge in [0.2, 0.25) is 0 Å². The van der Waals surface area contributed by atoms with Crippen LogP contribution in [-0.4, -0.2) is 4.98 Å². The minimum absolute atomic E-state index is 0.0942. The molecule has 0 atom stereocenters. The minimum Gasteiger partial charge on any atom is -0.331 e. The zero-order chi connectivity index (χ0) is 21.2. The number of thiazole rings is 1. The number of hydrogen-bond donors (Lipinski definition) is 1. The summed E-state index contributed by atoms with van der Waals surface area (Å²) in [4.78, 5) is 4.57. The van der Waals surface area contributed by atoms with Gasteiger partial charge in [-0.15, -0.1) is 0 Å². The van der Waals surface area contributed by atoms with Crippen LogP contribution in [-0.2, 0) is 17.1 Å². The summed E-state index contributed by atoms with van der Waals surface area (Å²) in [6.07, 6.45) is -4.51. The molecule has 152 valence electrons. The van der Waals surface area contributed by atoms with E-state index in [0.717, 1.165) is 35.6 Å².